The van der Waals surface area contributed by atoms with Crippen LogP contribution in [0.1, 0.15) is 36.8 Å². The van der Waals surface area contributed by atoms with Crippen molar-refractivity contribution in [3.05, 3.63) is 17.5 Å². The van der Waals surface area contributed by atoms with Crippen molar-refractivity contribution in [1.29, 1.82) is 0 Å². The Hall–Kier alpha value is -2.38. The number of piperazine rings is 1. The summed E-state index contributed by atoms with van der Waals surface area (Å²) in [5.41, 5.74) is 0.930. The second kappa shape index (κ2) is 7.46. The molecule has 1 aromatic rings. The van der Waals surface area contributed by atoms with Crippen LogP contribution in [0.2, 0.25) is 0 Å². The molecule has 0 bridgehead atoms. The van der Waals surface area contributed by atoms with Crippen LogP contribution in [-0.2, 0) is 14.3 Å². The van der Waals surface area contributed by atoms with Crippen molar-refractivity contribution < 1.29 is 19.1 Å². The molecule has 0 aromatic carbocycles. The molecule has 2 heterocycles. The smallest absolute Gasteiger partial charge is 0.342 e. The van der Waals surface area contributed by atoms with Gasteiger partial charge < -0.3 is 14.5 Å². The Kier molecular flexibility index (Phi) is 5.58. The Morgan fingerprint density at radius 3 is 2.21 bits per heavy atom. The minimum absolute atomic E-state index is 0.00405. The van der Waals surface area contributed by atoms with E-state index in [0.717, 1.165) is 0 Å². The van der Waals surface area contributed by atoms with Crippen LogP contribution in [0.15, 0.2) is 6.20 Å². The van der Waals surface area contributed by atoms with Gasteiger partial charge in [0.1, 0.15) is 5.56 Å². The lowest BCUT2D eigenvalue weighted by molar-refractivity contribution is -0.147. The molecule has 132 valence electrons. The Balaban J connectivity index is 2.02. The summed E-state index contributed by atoms with van der Waals surface area (Å²) < 4.78 is 5.46. The van der Waals surface area contributed by atoms with Crippen molar-refractivity contribution >= 4 is 17.8 Å². The van der Waals surface area contributed by atoms with Gasteiger partial charge in [-0.15, -0.1) is 0 Å². The first kappa shape index (κ1) is 18.0. The number of amides is 2. The lowest BCUT2D eigenvalue weighted by Gasteiger charge is -2.36. The summed E-state index contributed by atoms with van der Waals surface area (Å²) >= 11 is 0. The highest BCUT2D eigenvalue weighted by Crippen LogP contribution is 2.16. The molecule has 1 N–H and O–H groups in total. The van der Waals surface area contributed by atoms with Gasteiger partial charge in [-0.05, 0) is 12.8 Å². The van der Waals surface area contributed by atoms with Crippen LogP contribution in [0.4, 0.5) is 0 Å². The second-order valence-corrected chi connectivity index (χ2v) is 6.31. The maximum atomic E-state index is 12.7. The van der Waals surface area contributed by atoms with Crippen molar-refractivity contribution in [1.82, 2.24) is 20.0 Å². The third-order valence-electron chi connectivity index (χ3n) is 4.17. The highest BCUT2D eigenvalue weighted by atomic mass is 16.5. The van der Waals surface area contributed by atoms with Gasteiger partial charge in [0.15, 0.2) is 6.10 Å². The topological polar surface area (TPSA) is 95.6 Å². The fourth-order valence-electron chi connectivity index (χ4n) is 2.63. The van der Waals surface area contributed by atoms with Crippen LogP contribution in [0.5, 0.6) is 0 Å². The molecule has 1 unspecified atom stereocenters. The number of nitrogens with one attached hydrogen (secondary N) is 1. The van der Waals surface area contributed by atoms with Gasteiger partial charge >= 0.3 is 5.97 Å². The van der Waals surface area contributed by atoms with Gasteiger partial charge in [0.05, 0.1) is 6.20 Å². The molecule has 0 spiro atoms. The second-order valence-electron chi connectivity index (χ2n) is 6.31. The monoisotopic (exact) mass is 336 g/mol. The van der Waals surface area contributed by atoms with E-state index >= 15 is 0 Å². The number of hydrogen-bond donors (Lipinski definition) is 1. The fourth-order valence-corrected chi connectivity index (χ4v) is 2.63. The molecule has 2 rings (SSSR count). The van der Waals surface area contributed by atoms with E-state index in [1.807, 2.05) is 13.8 Å². The number of carbonyl (C=O) groups is 3. The summed E-state index contributed by atoms with van der Waals surface area (Å²) in [5, 5.41) is 6.47. The van der Waals surface area contributed by atoms with Crippen LogP contribution < -0.4 is 0 Å². The molecule has 0 saturated carbocycles. The number of carbonyl (C=O) groups excluding carboxylic acids is 3. The first-order valence-corrected chi connectivity index (χ1v) is 8.06. The van der Waals surface area contributed by atoms with Crippen LogP contribution >= 0.6 is 0 Å². The zero-order valence-corrected chi connectivity index (χ0v) is 14.5. The van der Waals surface area contributed by atoms with Gasteiger partial charge in [0.25, 0.3) is 5.91 Å². The Morgan fingerprint density at radius 1 is 1.17 bits per heavy atom. The van der Waals surface area contributed by atoms with E-state index in [2.05, 4.69) is 10.2 Å². The van der Waals surface area contributed by atoms with E-state index in [0.29, 0.717) is 37.4 Å². The van der Waals surface area contributed by atoms with Gasteiger partial charge in [-0.1, -0.05) is 13.8 Å². The number of rotatable bonds is 4. The number of esters is 1. The lowest BCUT2D eigenvalue weighted by Crippen LogP contribution is -2.53. The molecule has 1 aliphatic heterocycles. The zero-order chi connectivity index (χ0) is 17.9. The molecule has 2 amide bonds. The van der Waals surface area contributed by atoms with Crippen molar-refractivity contribution in [2.45, 2.75) is 33.8 Å². The first-order chi connectivity index (χ1) is 11.3. The number of aryl methyl sites for hydroxylation is 1. The maximum absolute atomic E-state index is 12.7. The number of aromatic amines is 1. The third kappa shape index (κ3) is 3.93. The predicted molar refractivity (Wildman–Crippen MR) is 86.2 cm³/mol. The van der Waals surface area contributed by atoms with E-state index < -0.39 is 12.1 Å². The molecule has 24 heavy (non-hydrogen) atoms. The molecule has 0 aliphatic carbocycles. The lowest BCUT2D eigenvalue weighted by atomic mass is 10.1. The fraction of sp³-hybridized carbons (Fsp3) is 0.625. The van der Waals surface area contributed by atoms with Gasteiger partial charge in [-0.3, -0.25) is 14.7 Å². The van der Waals surface area contributed by atoms with Gasteiger partial charge in [0.2, 0.25) is 5.91 Å². The molecule has 1 aliphatic rings. The average molecular weight is 336 g/mol. The molecule has 8 nitrogen and oxygen atoms in total. The minimum Gasteiger partial charge on any atom is -0.448 e. The summed E-state index contributed by atoms with van der Waals surface area (Å²) in [6.07, 6.45) is 0.543. The Labute approximate surface area is 141 Å². The van der Waals surface area contributed by atoms with Gasteiger partial charge in [0, 0.05) is 38.8 Å². The number of aromatic nitrogens is 2. The number of nitrogens with zero attached hydrogens (tertiary/aromatic N) is 3. The molecular weight excluding hydrogens is 312 g/mol. The normalized spacial score (nSPS) is 16.2. The quantitative estimate of drug-likeness (QED) is 0.812. The highest BCUT2D eigenvalue weighted by Gasteiger charge is 2.33. The summed E-state index contributed by atoms with van der Waals surface area (Å²) in [7, 11) is 0. The molecule has 1 aromatic heterocycles. The van der Waals surface area contributed by atoms with Gasteiger partial charge in [-0.25, -0.2) is 4.79 Å². The molecule has 0 radical (unpaired) electrons. The standard InChI is InChI=1S/C16H24N4O4/c1-10(2)14(24-16(23)13-9-17-18-11(13)3)15(22)20-7-5-19(6-8-20)12(4)21/h9-10,14H,5-8H2,1-4H3,(H,17,18). The zero-order valence-electron chi connectivity index (χ0n) is 14.5. The SMILES string of the molecule is CC(=O)N1CCN(C(=O)C(OC(=O)c2cn[nH]c2C)C(C)C)CC1. The highest BCUT2D eigenvalue weighted by molar-refractivity contribution is 5.93. The summed E-state index contributed by atoms with van der Waals surface area (Å²) in [6, 6.07) is 0. The number of ether oxygens (including phenoxy) is 1. The van der Waals surface area contributed by atoms with Crippen molar-refractivity contribution in [2.75, 3.05) is 26.2 Å². The predicted octanol–water partition coefficient (Wildman–Crippen LogP) is 0.590. The van der Waals surface area contributed by atoms with Crippen LogP contribution in [0, 0.1) is 12.8 Å². The van der Waals surface area contributed by atoms with E-state index in [-0.39, 0.29) is 17.7 Å². The Bertz CT molecular complexity index is 617. The summed E-state index contributed by atoms with van der Waals surface area (Å²) in [4.78, 5) is 39.7. The molecule has 1 atom stereocenters. The average Bonchev–Trinajstić information content (AvgIpc) is 2.97. The molecule has 1 fully saturated rings. The van der Waals surface area contributed by atoms with E-state index in [9.17, 15) is 14.4 Å². The summed E-state index contributed by atoms with van der Waals surface area (Å²) in [5.74, 6) is -0.928. The number of H-pyrrole nitrogens is 1. The maximum Gasteiger partial charge on any atom is 0.342 e. The van der Waals surface area contributed by atoms with E-state index in [1.165, 1.54) is 13.1 Å². The van der Waals surface area contributed by atoms with Crippen molar-refractivity contribution in [2.24, 2.45) is 5.92 Å². The van der Waals surface area contributed by atoms with E-state index in [1.54, 1.807) is 16.7 Å². The molecule has 8 heteroatoms. The largest absolute Gasteiger partial charge is 0.448 e. The van der Waals surface area contributed by atoms with Crippen LogP contribution in [0.3, 0.4) is 0 Å². The molecular formula is C16H24N4O4. The number of hydrogen-bond acceptors (Lipinski definition) is 5. The Morgan fingerprint density at radius 2 is 1.75 bits per heavy atom. The van der Waals surface area contributed by atoms with Crippen molar-refractivity contribution in [3.63, 3.8) is 0 Å². The van der Waals surface area contributed by atoms with Gasteiger partial charge in [-0.2, -0.15) is 5.10 Å². The van der Waals surface area contributed by atoms with Crippen molar-refractivity contribution in [3.8, 4) is 0 Å². The first-order valence-electron chi connectivity index (χ1n) is 8.06. The summed E-state index contributed by atoms with van der Waals surface area (Å²) in [6.45, 7) is 8.81. The minimum atomic E-state index is -0.851. The molecule has 1 saturated heterocycles. The van der Waals surface area contributed by atoms with E-state index in [4.69, 9.17) is 4.74 Å². The van der Waals surface area contributed by atoms with Crippen LogP contribution in [-0.4, -0.2) is 70.1 Å². The van der Waals surface area contributed by atoms with Crippen LogP contribution in [0.25, 0.3) is 0 Å². The third-order valence-corrected chi connectivity index (χ3v) is 4.17.